The molecule has 0 radical (unpaired) electrons. The highest BCUT2D eigenvalue weighted by Gasteiger charge is 2.03. The molecular formula is C13H33N5. The van der Waals surface area contributed by atoms with Crippen molar-refractivity contribution in [1.29, 1.82) is 0 Å². The second-order valence-electron chi connectivity index (χ2n) is 4.73. The highest BCUT2D eigenvalue weighted by molar-refractivity contribution is 4.60. The van der Waals surface area contributed by atoms with Gasteiger partial charge in [0.15, 0.2) is 0 Å². The molecule has 0 atom stereocenters. The standard InChI is InChI=1S/C13H33N5/c14-6-1-2-9-17-10-5-13-18(11-3-7-15)12-4-8-16/h17H,1-16H2. The van der Waals surface area contributed by atoms with Crippen LogP contribution >= 0.6 is 0 Å². The monoisotopic (exact) mass is 259 g/mol. The molecule has 0 amide bonds. The van der Waals surface area contributed by atoms with Gasteiger partial charge in [-0.15, -0.1) is 0 Å². The van der Waals surface area contributed by atoms with E-state index in [1.165, 1.54) is 12.8 Å². The lowest BCUT2D eigenvalue weighted by Gasteiger charge is -2.21. The zero-order valence-electron chi connectivity index (χ0n) is 11.9. The van der Waals surface area contributed by atoms with Gasteiger partial charge in [-0.3, -0.25) is 0 Å². The number of nitrogens with zero attached hydrogens (tertiary/aromatic N) is 1. The molecule has 7 N–H and O–H groups in total. The van der Waals surface area contributed by atoms with Crippen LogP contribution in [0, 0.1) is 0 Å². The fourth-order valence-corrected chi connectivity index (χ4v) is 1.91. The molecule has 0 fully saturated rings. The van der Waals surface area contributed by atoms with E-state index in [0.29, 0.717) is 0 Å². The van der Waals surface area contributed by atoms with Crippen LogP contribution in [0.25, 0.3) is 0 Å². The maximum atomic E-state index is 5.55. The lowest BCUT2D eigenvalue weighted by atomic mass is 10.3. The van der Waals surface area contributed by atoms with Gasteiger partial charge in [0.25, 0.3) is 0 Å². The Morgan fingerprint density at radius 2 is 1.11 bits per heavy atom. The summed E-state index contributed by atoms with van der Waals surface area (Å²) in [6, 6.07) is 0. The van der Waals surface area contributed by atoms with E-state index >= 15 is 0 Å². The van der Waals surface area contributed by atoms with E-state index in [1.54, 1.807) is 0 Å². The van der Waals surface area contributed by atoms with E-state index in [0.717, 1.165) is 71.6 Å². The average Bonchev–Trinajstić information content (AvgIpc) is 2.40. The van der Waals surface area contributed by atoms with Gasteiger partial charge in [0.05, 0.1) is 0 Å². The third-order valence-corrected chi connectivity index (χ3v) is 2.99. The second-order valence-corrected chi connectivity index (χ2v) is 4.73. The van der Waals surface area contributed by atoms with Gasteiger partial charge in [-0.05, 0) is 84.5 Å². The lowest BCUT2D eigenvalue weighted by molar-refractivity contribution is 0.265. The number of unbranched alkanes of at least 4 members (excludes halogenated alkanes) is 1. The molecule has 0 unspecified atom stereocenters. The van der Waals surface area contributed by atoms with Crippen molar-refractivity contribution >= 4 is 0 Å². The first-order chi connectivity index (χ1) is 8.85. The Morgan fingerprint density at radius 3 is 1.67 bits per heavy atom. The average molecular weight is 259 g/mol. The summed E-state index contributed by atoms with van der Waals surface area (Å²) in [4.78, 5) is 2.47. The van der Waals surface area contributed by atoms with Gasteiger partial charge < -0.3 is 27.4 Å². The largest absolute Gasteiger partial charge is 0.330 e. The third kappa shape index (κ3) is 12.3. The lowest BCUT2D eigenvalue weighted by Crippen LogP contribution is -2.31. The summed E-state index contributed by atoms with van der Waals surface area (Å²) in [5.41, 5.74) is 16.6. The number of hydrogen-bond donors (Lipinski definition) is 4. The van der Waals surface area contributed by atoms with E-state index in [9.17, 15) is 0 Å². The SMILES string of the molecule is NCCCCNCCCN(CCCN)CCCN. The first-order valence-electron chi connectivity index (χ1n) is 7.38. The van der Waals surface area contributed by atoms with Crippen LogP contribution in [0.2, 0.25) is 0 Å². The molecule has 0 aromatic heterocycles. The third-order valence-electron chi connectivity index (χ3n) is 2.99. The topological polar surface area (TPSA) is 93.3 Å². The summed E-state index contributed by atoms with van der Waals surface area (Å²) < 4.78 is 0. The smallest absolute Gasteiger partial charge is 0.000662 e. The fourth-order valence-electron chi connectivity index (χ4n) is 1.91. The zero-order valence-corrected chi connectivity index (χ0v) is 11.9. The fraction of sp³-hybridized carbons (Fsp3) is 1.00. The van der Waals surface area contributed by atoms with Crippen LogP contribution < -0.4 is 22.5 Å². The van der Waals surface area contributed by atoms with Crippen molar-refractivity contribution in [3.8, 4) is 0 Å². The van der Waals surface area contributed by atoms with Crippen LogP contribution in [0.4, 0.5) is 0 Å². The van der Waals surface area contributed by atoms with E-state index < -0.39 is 0 Å². The second kappa shape index (κ2) is 14.9. The predicted molar refractivity (Wildman–Crippen MR) is 79.6 cm³/mol. The zero-order chi connectivity index (χ0) is 13.5. The molecule has 0 aliphatic heterocycles. The maximum absolute atomic E-state index is 5.55. The summed E-state index contributed by atoms with van der Waals surface area (Å²) in [5.74, 6) is 0. The molecule has 0 bridgehead atoms. The number of rotatable bonds is 14. The molecule has 0 aromatic rings. The highest BCUT2D eigenvalue weighted by Crippen LogP contribution is 1.95. The van der Waals surface area contributed by atoms with Gasteiger partial charge in [0.2, 0.25) is 0 Å². The molecule has 0 spiro atoms. The Hall–Kier alpha value is -0.200. The first-order valence-corrected chi connectivity index (χ1v) is 7.38. The van der Waals surface area contributed by atoms with E-state index in [2.05, 4.69) is 10.2 Å². The number of nitrogens with one attached hydrogen (secondary N) is 1. The van der Waals surface area contributed by atoms with Crippen LogP contribution in [0.3, 0.4) is 0 Å². The summed E-state index contributed by atoms with van der Waals surface area (Å²) in [6.07, 6.45) is 5.65. The molecule has 18 heavy (non-hydrogen) atoms. The minimum absolute atomic E-state index is 0.774. The molecule has 0 aliphatic rings. The summed E-state index contributed by atoms with van der Waals surface area (Å²) in [7, 11) is 0. The van der Waals surface area contributed by atoms with Crippen LogP contribution in [-0.4, -0.2) is 57.3 Å². The van der Waals surface area contributed by atoms with Gasteiger partial charge in [0.1, 0.15) is 0 Å². The van der Waals surface area contributed by atoms with Crippen molar-refractivity contribution in [2.45, 2.75) is 32.1 Å². The Kier molecular flexibility index (Phi) is 14.7. The van der Waals surface area contributed by atoms with Crippen molar-refractivity contribution in [3.05, 3.63) is 0 Å². The van der Waals surface area contributed by atoms with Crippen LogP contribution in [-0.2, 0) is 0 Å². The van der Waals surface area contributed by atoms with Crippen molar-refractivity contribution < 1.29 is 0 Å². The molecule has 0 aromatic carbocycles. The van der Waals surface area contributed by atoms with Gasteiger partial charge in [0, 0.05) is 0 Å². The van der Waals surface area contributed by atoms with Crippen molar-refractivity contribution in [2.75, 3.05) is 52.4 Å². The minimum Gasteiger partial charge on any atom is -0.330 e. The Balaban J connectivity index is 3.43. The summed E-state index contributed by atoms with van der Waals surface area (Å²) in [5, 5.41) is 3.46. The van der Waals surface area contributed by atoms with Crippen LogP contribution in [0.5, 0.6) is 0 Å². The first kappa shape index (κ1) is 17.8. The number of hydrogen-bond acceptors (Lipinski definition) is 5. The Bertz CT molecular complexity index is 146. The molecule has 0 aliphatic carbocycles. The van der Waals surface area contributed by atoms with E-state index in [-0.39, 0.29) is 0 Å². The van der Waals surface area contributed by atoms with Gasteiger partial charge in [-0.25, -0.2) is 0 Å². The van der Waals surface area contributed by atoms with Crippen LogP contribution in [0.15, 0.2) is 0 Å². The predicted octanol–water partition coefficient (Wildman–Crippen LogP) is -0.295. The molecule has 0 heterocycles. The van der Waals surface area contributed by atoms with Crippen molar-refractivity contribution in [2.24, 2.45) is 17.2 Å². The minimum atomic E-state index is 0.774. The van der Waals surface area contributed by atoms with Crippen molar-refractivity contribution in [3.63, 3.8) is 0 Å². The normalized spacial score (nSPS) is 11.3. The quantitative estimate of drug-likeness (QED) is 0.322. The molecule has 5 heteroatoms. The van der Waals surface area contributed by atoms with Crippen LogP contribution in [0.1, 0.15) is 32.1 Å². The molecular weight excluding hydrogens is 226 g/mol. The number of nitrogens with two attached hydrogens (primary N) is 3. The molecule has 0 rings (SSSR count). The summed E-state index contributed by atoms with van der Waals surface area (Å²) in [6.45, 7) is 7.87. The van der Waals surface area contributed by atoms with Gasteiger partial charge in [-0.1, -0.05) is 0 Å². The molecule has 110 valence electrons. The highest BCUT2D eigenvalue weighted by atomic mass is 15.1. The van der Waals surface area contributed by atoms with E-state index in [4.69, 9.17) is 17.2 Å². The molecule has 0 saturated heterocycles. The maximum Gasteiger partial charge on any atom is -0.000662 e. The van der Waals surface area contributed by atoms with E-state index in [1.807, 2.05) is 0 Å². The summed E-state index contributed by atoms with van der Waals surface area (Å²) >= 11 is 0. The van der Waals surface area contributed by atoms with Gasteiger partial charge in [-0.2, -0.15) is 0 Å². The Morgan fingerprint density at radius 1 is 0.611 bits per heavy atom. The molecule has 0 saturated carbocycles. The molecule has 5 nitrogen and oxygen atoms in total. The van der Waals surface area contributed by atoms with Gasteiger partial charge >= 0.3 is 0 Å². The van der Waals surface area contributed by atoms with Crippen molar-refractivity contribution in [1.82, 2.24) is 10.2 Å². The Labute approximate surface area is 112 Å².